The number of benzene rings is 3. The van der Waals surface area contributed by atoms with E-state index in [4.69, 9.17) is 9.47 Å². The number of rotatable bonds is 6. The van der Waals surface area contributed by atoms with Crippen molar-refractivity contribution in [2.75, 3.05) is 13.2 Å². The van der Waals surface area contributed by atoms with E-state index in [9.17, 15) is 9.59 Å². The van der Waals surface area contributed by atoms with Gasteiger partial charge in [0.05, 0.1) is 19.3 Å². The van der Waals surface area contributed by atoms with E-state index in [-0.39, 0.29) is 13.2 Å². The molecule has 36 heavy (non-hydrogen) atoms. The zero-order valence-corrected chi connectivity index (χ0v) is 21.7. The molecule has 0 radical (unpaired) electrons. The number of hydrogen-bond donors (Lipinski definition) is 0. The van der Waals surface area contributed by atoms with Gasteiger partial charge in [0.25, 0.3) is 0 Å². The number of carbonyl (C=O) groups is 2. The van der Waals surface area contributed by atoms with Crippen molar-refractivity contribution in [3.05, 3.63) is 106 Å². The van der Waals surface area contributed by atoms with Crippen LogP contribution in [-0.4, -0.2) is 29.7 Å². The average molecular weight is 544 g/mol. The maximum absolute atomic E-state index is 14.1. The summed E-state index contributed by atoms with van der Waals surface area (Å²) in [5.41, 5.74) is 2.31. The van der Waals surface area contributed by atoms with Crippen molar-refractivity contribution in [2.45, 2.75) is 19.9 Å². The molecule has 3 aromatic carbocycles. The van der Waals surface area contributed by atoms with E-state index in [2.05, 4.69) is 15.9 Å². The first-order chi connectivity index (χ1) is 17.5. The van der Waals surface area contributed by atoms with Gasteiger partial charge in [-0.05, 0) is 66.5 Å². The Balaban J connectivity index is 1.88. The number of esters is 2. The van der Waals surface area contributed by atoms with Crippen LogP contribution >= 0.6 is 15.9 Å². The largest absolute Gasteiger partial charge is 0.465 e. The van der Waals surface area contributed by atoms with Gasteiger partial charge in [0.1, 0.15) is 0 Å². The quantitative estimate of drug-likeness (QED) is 0.201. The SMILES string of the molecule is CCOC(=O)C1(C(=O)OCC)/C(=C\c2ccccc2)c2ccccc2C1n1ccc2cc(Br)ccc21. The lowest BCUT2D eigenvalue weighted by Gasteiger charge is -2.34. The number of hydrogen-bond acceptors (Lipinski definition) is 4. The first kappa shape index (κ1) is 24.1. The fraction of sp³-hybridized carbons (Fsp3) is 0.200. The molecule has 4 aromatic rings. The van der Waals surface area contributed by atoms with Gasteiger partial charge in [-0.25, -0.2) is 0 Å². The number of ether oxygens (including phenoxy) is 2. The molecule has 6 heteroatoms. The Hall–Kier alpha value is -3.64. The third kappa shape index (κ3) is 3.77. The molecule has 1 atom stereocenters. The second kappa shape index (κ2) is 9.78. The van der Waals surface area contributed by atoms with Gasteiger partial charge < -0.3 is 14.0 Å². The second-order valence-corrected chi connectivity index (χ2v) is 9.55. The fourth-order valence-corrected chi connectivity index (χ4v) is 5.59. The maximum Gasteiger partial charge on any atom is 0.330 e. The van der Waals surface area contributed by atoms with Crippen molar-refractivity contribution < 1.29 is 19.1 Å². The normalized spacial score (nSPS) is 17.2. The number of halogens is 1. The van der Waals surface area contributed by atoms with E-state index in [0.717, 1.165) is 32.1 Å². The van der Waals surface area contributed by atoms with E-state index >= 15 is 0 Å². The Morgan fingerprint density at radius 1 is 0.917 bits per heavy atom. The van der Waals surface area contributed by atoms with Crippen LogP contribution in [-0.2, 0) is 19.1 Å². The van der Waals surface area contributed by atoms with Crippen molar-refractivity contribution in [2.24, 2.45) is 5.41 Å². The molecule has 1 aliphatic carbocycles. The van der Waals surface area contributed by atoms with Gasteiger partial charge in [-0.3, -0.25) is 9.59 Å². The van der Waals surface area contributed by atoms with E-state index < -0.39 is 23.4 Å². The zero-order valence-electron chi connectivity index (χ0n) is 20.1. The van der Waals surface area contributed by atoms with Crippen molar-refractivity contribution in [3.63, 3.8) is 0 Å². The minimum Gasteiger partial charge on any atom is -0.465 e. The Morgan fingerprint density at radius 2 is 1.58 bits per heavy atom. The van der Waals surface area contributed by atoms with E-state index in [1.807, 2.05) is 95.7 Å². The Kier molecular flexibility index (Phi) is 6.54. The van der Waals surface area contributed by atoms with Crippen LogP contribution in [0.15, 0.2) is 89.5 Å². The summed E-state index contributed by atoms with van der Waals surface area (Å²) in [6, 6.07) is 24.7. The molecule has 1 unspecified atom stereocenters. The Morgan fingerprint density at radius 3 is 2.28 bits per heavy atom. The summed E-state index contributed by atoms with van der Waals surface area (Å²) in [5, 5.41) is 0.990. The molecule has 0 saturated heterocycles. The molecule has 0 aliphatic heterocycles. The van der Waals surface area contributed by atoms with Gasteiger partial charge in [0.2, 0.25) is 5.41 Å². The first-order valence-corrected chi connectivity index (χ1v) is 12.8. The zero-order chi connectivity index (χ0) is 25.3. The number of aromatic nitrogens is 1. The Bertz CT molecular complexity index is 1450. The summed E-state index contributed by atoms with van der Waals surface area (Å²) >= 11 is 3.54. The predicted molar refractivity (Wildman–Crippen MR) is 144 cm³/mol. The number of nitrogens with zero attached hydrogens (tertiary/aromatic N) is 1. The van der Waals surface area contributed by atoms with E-state index in [1.165, 1.54) is 0 Å². The molecule has 0 bridgehead atoms. The van der Waals surface area contributed by atoms with Crippen LogP contribution in [0.4, 0.5) is 0 Å². The standard InChI is InChI=1S/C30H26BrNO4/c1-3-35-28(33)30(29(34)36-4-2)25(18-20-10-6-5-7-11-20)23-12-8-9-13-24(23)27(30)32-17-16-21-19-22(31)14-15-26(21)32/h5-19,27H,3-4H2,1-2H3/b25-18-. The highest BCUT2D eigenvalue weighted by Crippen LogP contribution is 2.58. The summed E-state index contributed by atoms with van der Waals surface area (Å²) in [5.74, 6) is -1.24. The van der Waals surface area contributed by atoms with Gasteiger partial charge in [0.15, 0.2) is 0 Å². The third-order valence-electron chi connectivity index (χ3n) is 6.65. The second-order valence-electron chi connectivity index (χ2n) is 8.63. The number of carbonyl (C=O) groups excluding carboxylic acids is 2. The monoisotopic (exact) mass is 543 g/mol. The molecule has 182 valence electrons. The van der Waals surface area contributed by atoms with Crippen molar-refractivity contribution >= 4 is 50.4 Å². The minimum absolute atomic E-state index is 0.140. The van der Waals surface area contributed by atoms with Gasteiger partial charge in [-0.1, -0.05) is 70.5 Å². The van der Waals surface area contributed by atoms with Gasteiger partial charge in [-0.15, -0.1) is 0 Å². The minimum atomic E-state index is -1.73. The topological polar surface area (TPSA) is 57.5 Å². The summed E-state index contributed by atoms with van der Waals surface area (Å²) in [6.45, 7) is 3.77. The molecule has 0 amide bonds. The Labute approximate surface area is 218 Å². The van der Waals surface area contributed by atoms with Gasteiger partial charge in [-0.2, -0.15) is 0 Å². The molecular formula is C30H26BrNO4. The molecule has 0 fully saturated rings. The molecule has 0 spiro atoms. The molecule has 1 aliphatic rings. The van der Waals surface area contributed by atoms with Crippen LogP contribution in [0.25, 0.3) is 22.6 Å². The van der Waals surface area contributed by atoms with Crippen LogP contribution in [0.2, 0.25) is 0 Å². The lowest BCUT2D eigenvalue weighted by Crippen LogP contribution is -2.47. The lowest BCUT2D eigenvalue weighted by atomic mass is 9.76. The maximum atomic E-state index is 14.1. The van der Waals surface area contributed by atoms with Crippen molar-refractivity contribution in [1.82, 2.24) is 4.57 Å². The van der Waals surface area contributed by atoms with Crippen LogP contribution in [0, 0.1) is 5.41 Å². The highest BCUT2D eigenvalue weighted by molar-refractivity contribution is 9.10. The molecule has 1 heterocycles. The van der Waals surface area contributed by atoms with Crippen LogP contribution < -0.4 is 0 Å². The fourth-order valence-electron chi connectivity index (χ4n) is 5.22. The van der Waals surface area contributed by atoms with E-state index in [0.29, 0.717) is 5.57 Å². The molecule has 0 N–H and O–H groups in total. The van der Waals surface area contributed by atoms with E-state index in [1.54, 1.807) is 13.8 Å². The highest BCUT2D eigenvalue weighted by atomic mass is 79.9. The molecular weight excluding hydrogens is 518 g/mol. The number of fused-ring (bicyclic) bond motifs is 2. The predicted octanol–water partition coefficient (Wildman–Crippen LogP) is 6.66. The lowest BCUT2D eigenvalue weighted by molar-refractivity contribution is -0.168. The molecule has 5 rings (SSSR count). The summed E-state index contributed by atoms with van der Waals surface area (Å²) in [7, 11) is 0. The average Bonchev–Trinajstić information content (AvgIpc) is 3.41. The smallest absolute Gasteiger partial charge is 0.330 e. The molecule has 0 saturated carbocycles. The molecule has 1 aromatic heterocycles. The molecule has 5 nitrogen and oxygen atoms in total. The highest BCUT2D eigenvalue weighted by Gasteiger charge is 2.63. The van der Waals surface area contributed by atoms with Gasteiger partial charge >= 0.3 is 11.9 Å². The summed E-state index contributed by atoms with van der Waals surface area (Å²) < 4.78 is 14.3. The summed E-state index contributed by atoms with van der Waals surface area (Å²) in [4.78, 5) is 28.1. The third-order valence-corrected chi connectivity index (χ3v) is 7.14. The van der Waals surface area contributed by atoms with Crippen molar-refractivity contribution in [3.8, 4) is 0 Å². The van der Waals surface area contributed by atoms with Crippen molar-refractivity contribution in [1.29, 1.82) is 0 Å². The van der Waals surface area contributed by atoms with Crippen LogP contribution in [0.1, 0.15) is 36.6 Å². The first-order valence-electron chi connectivity index (χ1n) is 12.0. The van der Waals surface area contributed by atoms with Crippen LogP contribution in [0.5, 0.6) is 0 Å². The van der Waals surface area contributed by atoms with Crippen LogP contribution in [0.3, 0.4) is 0 Å². The summed E-state index contributed by atoms with van der Waals surface area (Å²) in [6.07, 6.45) is 3.84. The van der Waals surface area contributed by atoms with Gasteiger partial charge in [0, 0.05) is 21.6 Å².